The zero-order valence-corrected chi connectivity index (χ0v) is 17.8. The average Bonchev–Trinajstić information content (AvgIpc) is 3.32. The first-order valence-corrected chi connectivity index (χ1v) is 10.8. The number of hydrogen-bond donors (Lipinski definition) is 2. The molecule has 1 fully saturated rings. The quantitative estimate of drug-likeness (QED) is 0.578. The highest BCUT2D eigenvalue weighted by atomic mass is 15.3. The van der Waals surface area contributed by atoms with E-state index < -0.39 is 0 Å². The van der Waals surface area contributed by atoms with Crippen LogP contribution in [0.1, 0.15) is 37.8 Å². The Morgan fingerprint density at radius 2 is 2.17 bits per heavy atom. The predicted molar refractivity (Wildman–Crippen MR) is 114 cm³/mol. The molecule has 4 heterocycles. The summed E-state index contributed by atoms with van der Waals surface area (Å²) in [5, 5.41) is 19.9. The van der Waals surface area contributed by atoms with Gasteiger partial charge < -0.3 is 20.1 Å². The minimum Gasteiger partial charge on any atom is -0.367 e. The number of nitrogens with one attached hydrogen (secondary N) is 2. The van der Waals surface area contributed by atoms with Crippen molar-refractivity contribution in [3.8, 4) is 0 Å². The normalized spacial score (nSPS) is 22.4. The summed E-state index contributed by atoms with van der Waals surface area (Å²) in [5.74, 6) is 3.59. The summed E-state index contributed by atoms with van der Waals surface area (Å²) in [4.78, 5) is 7.34. The molecule has 0 radical (unpaired) electrons. The maximum Gasteiger partial charge on any atom is 0.191 e. The number of guanidine groups is 1. The molecule has 4 rings (SSSR count). The van der Waals surface area contributed by atoms with Crippen molar-refractivity contribution in [2.45, 2.75) is 52.1 Å². The van der Waals surface area contributed by atoms with Crippen LogP contribution < -0.4 is 15.5 Å². The minimum atomic E-state index is 0.389. The molecule has 2 atom stereocenters. The van der Waals surface area contributed by atoms with Crippen molar-refractivity contribution in [2.24, 2.45) is 18.0 Å². The van der Waals surface area contributed by atoms with Crippen LogP contribution in [0.3, 0.4) is 0 Å². The molecule has 0 aromatic carbocycles. The van der Waals surface area contributed by atoms with Crippen molar-refractivity contribution in [3.63, 3.8) is 0 Å². The molecule has 0 aliphatic carbocycles. The second kappa shape index (κ2) is 8.84. The summed E-state index contributed by atoms with van der Waals surface area (Å²) < 4.78 is 4.11. The number of hydrogen-bond acceptors (Lipinski definition) is 5. The Morgan fingerprint density at radius 1 is 1.28 bits per heavy atom. The van der Waals surface area contributed by atoms with Gasteiger partial charge in [-0.25, -0.2) is 0 Å². The van der Waals surface area contributed by atoms with Crippen molar-refractivity contribution in [1.29, 1.82) is 0 Å². The molecular formula is C20H33N9. The van der Waals surface area contributed by atoms with Gasteiger partial charge in [0.05, 0.1) is 11.9 Å². The summed E-state index contributed by atoms with van der Waals surface area (Å²) in [6.45, 7) is 8.87. The van der Waals surface area contributed by atoms with Crippen molar-refractivity contribution in [1.82, 2.24) is 35.2 Å². The minimum absolute atomic E-state index is 0.389. The van der Waals surface area contributed by atoms with E-state index in [1.165, 1.54) is 12.1 Å². The second-order valence-electron chi connectivity index (χ2n) is 8.20. The maximum absolute atomic E-state index is 4.93. The fourth-order valence-corrected chi connectivity index (χ4v) is 4.31. The molecule has 2 aliphatic heterocycles. The molecular weight excluding hydrogens is 366 g/mol. The summed E-state index contributed by atoms with van der Waals surface area (Å²) in [5.41, 5.74) is 1.20. The van der Waals surface area contributed by atoms with Gasteiger partial charge in [-0.2, -0.15) is 5.10 Å². The Balaban J connectivity index is 1.35. The first kappa shape index (κ1) is 19.7. The Kier molecular flexibility index (Phi) is 6.01. The average molecular weight is 400 g/mol. The number of aliphatic imine (C=N–C) groups is 1. The van der Waals surface area contributed by atoms with Crippen LogP contribution in [0.5, 0.6) is 0 Å². The van der Waals surface area contributed by atoms with E-state index in [2.05, 4.69) is 48.5 Å². The van der Waals surface area contributed by atoms with Gasteiger partial charge in [0.2, 0.25) is 0 Å². The number of aromatic nitrogens is 5. The molecule has 0 bridgehead atoms. The molecule has 2 aromatic heterocycles. The van der Waals surface area contributed by atoms with Gasteiger partial charge in [0.15, 0.2) is 5.96 Å². The summed E-state index contributed by atoms with van der Waals surface area (Å²) >= 11 is 0. The van der Waals surface area contributed by atoms with Gasteiger partial charge in [-0.3, -0.25) is 9.67 Å². The van der Waals surface area contributed by atoms with Crippen LogP contribution >= 0.6 is 0 Å². The van der Waals surface area contributed by atoms with Crippen LogP contribution in [-0.4, -0.2) is 62.7 Å². The van der Waals surface area contributed by atoms with E-state index in [-0.39, 0.29) is 0 Å². The van der Waals surface area contributed by atoms with Crippen LogP contribution in [0.25, 0.3) is 0 Å². The molecule has 2 N–H and O–H groups in total. The Labute approximate surface area is 172 Å². The zero-order chi connectivity index (χ0) is 20.2. The first-order chi connectivity index (χ1) is 14.1. The van der Waals surface area contributed by atoms with E-state index in [1.807, 2.05) is 24.9 Å². The molecule has 158 valence electrons. The molecule has 9 heteroatoms. The van der Waals surface area contributed by atoms with Crippen LogP contribution in [-0.2, 0) is 20.0 Å². The lowest BCUT2D eigenvalue weighted by molar-refractivity contribution is 0.369. The predicted octanol–water partition coefficient (Wildman–Crippen LogP) is 1.11. The lowest BCUT2D eigenvalue weighted by Gasteiger charge is -2.34. The highest BCUT2D eigenvalue weighted by Crippen LogP contribution is 2.21. The number of fused-ring (bicyclic) bond motifs is 1. The number of nitrogens with zero attached hydrogens (tertiary/aromatic N) is 7. The van der Waals surface area contributed by atoms with E-state index in [9.17, 15) is 0 Å². The summed E-state index contributed by atoms with van der Waals surface area (Å²) in [6, 6.07) is 0.389. The second-order valence-corrected chi connectivity index (χ2v) is 8.20. The molecule has 0 amide bonds. The molecule has 2 unspecified atom stereocenters. The Bertz CT molecular complexity index is 837. The third-order valence-corrected chi connectivity index (χ3v) is 5.90. The molecule has 1 saturated heterocycles. The third-order valence-electron chi connectivity index (χ3n) is 5.90. The van der Waals surface area contributed by atoms with Crippen molar-refractivity contribution >= 4 is 11.6 Å². The highest BCUT2D eigenvalue weighted by Gasteiger charge is 2.23. The first-order valence-electron chi connectivity index (χ1n) is 10.8. The molecule has 0 spiro atoms. The van der Waals surface area contributed by atoms with Crippen LogP contribution in [0.2, 0.25) is 0 Å². The lowest BCUT2D eigenvalue weighted by Crippen LogP contribution is -2.51. The smallest absolute Gasteiger partial charge is 0.191 e. The van der Waals surface area contributed by atoms with Gasteiger partial charge in [0, 0.05) is 58.4 Å². The van der Waals surface area contributed by atoms with Crippen LogP contribution in [0.4, 0.5) is 5.69 Å². The number of anilines is 1. The van der Waals surface area contributed by atoms with Crippen molar-refractivity contribution in [3.05, 3.63) is 24.0 Å². The van der Waals surface area contributed by atoms with Gasteiger partial charge in [-0.15, -0.1) is 10.2 Å². The fraction of sp³-hybridized carbons (Fsp3) is 0.700. The van der Waals surface area contributed by atoms with Gasteiger partial charge >= 0.3 is 0 Å². The number of aryl methyl sites for hydroxylation is 3. The van der Waals surface area contributed by atoms with Crippen LogP contribution in [0.15, 0.2) is 17.4 Å². The lowest BCUT2D eigenvalue weighted by atomic mass is 9.99. The van der Waals surface area contributed by atoms with Crippen molar-refractivity contribution in [2.75, 3.05) is 31.1 Å². The van der Waals surface area contributed by atoms with E-state index >= 15 is 0 Å². The number of piperidine rings is 1. The highest BCUT2D eigenvalue weighted by molar-refractivity contribution is 5.80. The van der Waals surface area contributed by atoms with Crippen LogP contribution in [0, 0.1) is 12.8 Å². The SMILES string of the molecule is CCNC(=NCC1CCc2nnc(C)n2C1)NC1CCCN(c2cnn(C)c2)C1. The van der Waals surface area contributed by atoms with E-state index in [0.29, 0.717) is 12.0 Å². The Hall–Kier alpha value is -2.58. The molecule has 9 nitrogen and oxygen atoms in total. The largest absolute Gasteiger partial charge is 0.367 e. The topological polar surface area (TPSA) is 88.2 Å². The summed E-state index contributed by atoms with van der Waals surface area (Å²) in [7, 11) is 1.97. The number of rotatable bonds is 5. The van der Waals surface area contributed by atoms with E-state index in [4.69, 9.17) is 4.99 Å². The standard InChI is InChI=1S/C20H33N9/c1-4-21-20(22-10-16-7-8-19-26-25-15(2)29(19)12-16)24-17-6-5-9-28(13-17)18-11-23-27(3)14-18/h11,14,16-17H,4-10,12-13H2,1-3H3,(H2,21,22,24). The third kappa shape index (κ3) is 4.71. The Morgan fingerprint density at radius 3 is 2.97 bits per heavy atom. The van der Waals surface area contributed by atoms with Crippen molar-refractivity contribution < 1.29 is 0 Å². The van der Waals surface area contributed by atoms with Gasteiger partial charge in [0.1, 0.15) is 11.6 Å². The fourth-order valence-electron chi connectivity index (χ4n) is 4.31. The van der Waals surface area contributed by atoms with Gasteiger partial charge in [-0.1, -0.05) is 0 Å². The van der Waals surface area contributed by atoms with E-state index in [0.717, 1.165) is 69.6 Å². The van der Waals surface area contributed by atoms with E-state index in [1.54, 1.807) is 0 Å². The maximum atomic E-state index is 4.93. The molecule has 29 heavy (non-hydrogen) atoms. The van der Waals surface area contributed by atoms with Gasteiger partial charge in [0.25, 0.3) is 0 Å². The summed E-state index contributed by atoms with van der Waals surface area (Å²) in [6.07, 6.45) is 8.49. The monoisotopic (exact) mass is 399 g/mol. The van der Waals surface area contributed by atoms with Gasteiger partial charge in [-0.05, 0) is 39.0 Å². The molecule has 2 aromatic rings. The molecule has 2 aliphatic rings. The molecule has 0 saturated carbocycles. The zero-order valence-electron chi connectivity index (χ0n) is 17.8.